The summed E-state index contributed by atoms with van der Waals surface area (Å²) in [5, 5.41) is 2.44. The van der Waals surface area contributed by atoms with Gasteiger partial charge in [0, 0.05) is 33.3 Å². The van der Waals surface area contributed by atoms with Crippen molar-refractivity contribution < 1.29 is 0 Å². The molecule has 0 aliphatic rings. The van der Waals surface area contributed by atoms with E-state index in [9.17, 15) is 0 Å². The SMILES string of the molecule is Cc1ccc(-c2cccc(-n3c4ccccc4c4ccc(N(c5ccc(-c6ccccc6)cc5)c5ccccc5-c5ccccc5)cc43)c2-c2ccc(C)cc2)cc1. The normalized spacial score (nSPS) is 11.3. The van der Waals surface area contributed by atoms with Gasteiger partial charge in [-0.25, -0.2) is 0 Å². The molecule has 58 heavy (non-hydrogen) atoms. The number of aryl methyl sites for hydroxylation is 2. The molecule has 2 heteroatoms. The molecule has 276 valence electrons. The van der Waals surface area contributed by atoms with Crippen LogP contribution in [-0.4, -0.2) is 4.57 Å². The lowest BCUT2D eigenvalue weighted by molar-refractivity contribution is 1.18. The van der Waals surface area contributed by atoms with Crippen LogP contribution in [0.25, 0.3) is 72.0 Å². The average Bonchev–Trinajstić information content (AvgIpc) is 3.61. The molecule has 0 saturated carbocycles. The minimum Gasteiger partial charge on any atom is -0.310 e. The van der Waals surface area contributed by atoms with E-state index in [0.29, 0.717) is 0 Å². The Morgan fingerprint density at radius 1 is 0.345 bits per heavy atom. The van der Waals surface area contributed by atoms with E-state index in [-0.39, 0.29) is 0 Å². The summed E-state index contributed by atoms with van der Waals surface area (Å²) in [5.41, 5.74) is 18.8. The highest BCUT2D eigenvalue weighted by molar-refractivity contribution is 6.11. The van der Waals surface area contributed by atoms with Gasteiger partial charge in [0.2, 0.25) is 0 Å². The van der Waals surface area contributed by atoms with Gasteiger partial charge in [0.1, 0.15) is 0 Å². The van der Waals surface area contributed by atoms with Gasteiger partial charge in [-0.1, -0.05) is 187 Å². The third-order valence-corrected chi connectivity index (χ3v) is 11.4. The van der Waals surface area contributed by atoms with Crippen molar-refractivity contribution in [2.45, 2.75) is 13.8 Å². The van der Waals surface area contributed by atoms with Crippen molar-refractivity contribution >= 4 is 38.9 Å². The second kappa shape index (κ2) is 14.9. The average molecular weight is 743 g/mol. The van der Waals surface area contributed by atoms with Gasteiger partial charge < -0.3 is 9.47 Å². The Labute approximate surface area is 340 Å². The number of rotatable bonds is 8. The van der Waals surface area contributed by atoms with Crippen LogP contribution in [0.15, 0.2) is 218 Å². The van der Waals surface area contributed by atoms with Crippen LogP contribution in [-0.2, 0) is 0 Å². The molecule has 0 saturated heterocycles. The van der Waals surface area contributed by atoms with Crippen molar-refractivity contribution in [3.05, 3.63) is 230 Å². The largest absolute Gasteiger partial charge is 0.310 e. The first-order chi connectivity index (χ1) is 28.6. The van der Waals surface area contributed by atoms with E-state index in [0.717, 1.165) is 28.3 Å². The van der Waals surface area contributed by atoms with E-state index in [4.69, 9.17) is 0 Å². The Morgan fingerprint density at radius 3 is 1.59 bits per heavy atom. The third kappa shape index (κ3) is 6.35. The summed E-state index contributed by atoms with van der Waals surface area (Å²) < 4.78 is 2.49. The molecule has 0 N–H and O–H groups in total. The highest BCUT2D eigenvalue weighted by atomic mass is 15.1. The van der Waals surface area contributed by atoms with Gasteiger partial charge in [-0.15, -0.1) is 0 Å². The smallest absolute Gasteiger partial charge is 0.0562 e. The van der Waals surface area contributed by atoms with Crippen LogP contribution in [0, 0.1) is 13.8 Å². The van der Waals surface area contributed by atoms with Crippen molar-refractivity contribution in [1.29, 1.82) is 0 Å². The van der Waals surface area contributed by atoms with Crippen molar-refractivity contribution in [3.63, 3.8) is 0 Å². The first-order valence-corrected chi connectivity index (χ1v) is 20.0. The molecule has 1 heterocycles. The predicted molar refractivity (Wildman–Crippen MR) is 247 cm³/mol. The standard InChI is InChI=1S/C56H42N2/c1-39-24-28-44(29-25-39)49-20-13-23-54(56(49)45-30-26-40(2)27-31-45)58-53-22-12-10-19-50(53)51-37-36-47(38-55(51)58)57(46-34-32-42(33-35-46)41-14-5-3-6-15-41)52-21-11-9-18-48(52)43-16-7-4-8-17-43/h3-38H,1-2H3. The summed E-state index contributed by atoms with van der Waals surface area (Å²) in [7, 11) is 0. The number of hydrogen-bond acceptors (Lipinski definition) is 1. The monoisotopic (exact) mass is 742 g/mol. The minimum absolute atomic E-state index is 1.08. The summed E-state index contributed by atoms with van der Waals surface area (Å²) in [5.74, 6) is 0. The second-order valence-corrected chi connectivity index (χ2v) is 15.1. The number of aromatic nitrogens is 1. The molecule has 10 aromatic rings. The Bertz CT molecular complexity index is 3030. The summed E-state index contributed by atoms with van der Waals surface area (Å²) in [6, 6.07) is 79.6. The summed E-state index contributed by atoms with van der Waals surface area (Å²) in [6.07, 6.45) is 0. The fraction of sp³-hybridized carbons (Fsp3) is 0.0357. The van der Waals surface area contributed by atoms with Crippen LogP contribution >= 0.6 is 0 Å². The van der Waals surface area contributed by atoms with E-state index in [1.54, 1.807) is 0 Å². The zero-order valence-electron chi connectivity index (χ0n) is 32.7. The molecule has 0 fully saturated rings. The molecule has 10 rings (SSSR count). The lowest BCUT2D eigenvalue weighted by Gasteiger charge is -2.28. The van der Waals surface area contributed by atoms with E-state index < -0.39 is 0 Å². The molecular weight excluding hydrogens is 701 g/mol. The van der Waals surface area contributed by atoms with Crippen LogP contribution < -0.4 is 4.90 Å². The minimum atomic E-state index is 1.08. The number of nitrogens with zero attached hydrogens (tertiary/aromatic N) is 2. The van der Waals surface area contributed by atoms with E-state index >= 15 is 0 Å². The molecule has 0 unspecified atom stereocenters. The molecular formula is C56H42N2. The number of para-hydroxylation sites is 2. The first-order valence-electron chi connectivity index (χ1n) is 20.0. The van der Waals surface area contributed by atoms with Crippen LogP contribution in [0.2, 0.25) is 0 Å². The Kier molecular flexibility index (Phi) is 9.01. The molecule has 0 spiro atoms. The zero-order valence-corrected chi connectivity index (χ0v) is 32.7. The first kappa shape index (κ1) is 35.0. The number of benzene rings is 9. The third-order valence-electron chi connectivity index (χ3n) is 11.4. The van der Waals surface area contributed by atoms with Gasteiger partial charge >= 0.3 is 0 Å². The molecule has 0 amide bonds. The maximum Gasteiger partial charge on any atom is 0.0562 e. The van der Waals surface area contributed by atoms with E-state index in [1.165, 1.54) is 71.9 Å². The van der Waals surface area contributed by atoms with Gasteiger partial charge in [-0.05, 0) is 89.7 Å². The Morgan fingerprint density at radius 2 is 0.862 bits per heavy atom. The summed E-state index contributed by atoms with van der Waals surface area (Å²) in [4.78, 5) is 2.42. The maximum absolute atomic E-state index is 2.49. The predicted octanol–water partition coefficient (Wildman–Crippen LogP) is 15.5. The molecule has 0 radical (unpaired) electrons. The molecule has 0 aliphatic carbocycles. The summed E-state index contributed by atoms with van der Waals surface area (Å²) >= 11 is 0. The van der Waals surface area contributed by atoms with Gasteiger partial charge in [-0.3, -0.25) is 0 Å². The van der Waals surface area contributed by atoms with Crippen LogP contribution in [0.5, 0.6) is 0 Å². The molecule has 0 aliphatic heterocycles. The molecule has 2 nitrogen and oxygen atoms in total. The molecule has 0 bridgehead atoms. The van der Waals surface area contributed by atoms with Crippen molar-refractivity contribution in [3.8, 4) is 50.2 Å². The fourth-order valence-corrected chi connectivity index (χ4v) is 8.47. The van der Waals surface area contributed by atoms with Gasteiger partial charge in [-0.2, -0.15) is 0 Å². The maximum atomic E-state index is 2.49. The summed E-state index contributed by atoms with van der Waals surface area (Å²) in [6.45, 7) is 4.30. The second-order valence-electron chi connectivity index (χ2n) is 15.1. The lowest BCUT2D eigenvalue weighted by atomic mass is 9.92. The van der Waals surface area contributed by atoms with Crippen molar-refractivity contribution in [2.75, 3.05) is 4.90 Å². The molecule has 0 atom stereocenters. The van der Waals surface area contributed by atoms with Crippen molar-refractivity contribution in [2.24, 2.45) is 0 Å². The van der Waals surface area contributed by atoms with Gasteiger partial charge in [0.05, 0.1) is 22.4 Å². The van der Waals surface area contributed by atoms with Gasteiger partial charge in [0.25, 0.3) is 0 Å². The van der Waals surface area contributed by atoms with E-state index in [1.807, 2.05) is 0 Å². The van der Waals surface area contributed by atoms with Gasteiger partial charge in [0.15, 0.2) is 0 Å². The zero-order chi connectivity index (χ0) is 39.0. The van der Waals surface area contributed by atoms with Crippen LogP contribution in [0.3, 0.4) is 0 Å². The number of hydrogen-bond donors (Lipinski definition) is 0. The Balaban J connectivity index is 1.24. The highest BCUT2D eigenvalue weighted by Crippen LogP contribution is 2.45. The van der Waals surface area contributed by atoms with Crippen molar-refractivity contribution in [1.82, 2.24) is 4.57 Å². The Hall–Kier alpha value is -7.42. The number of anilines is 3. The quantitative estimate of drug-likeness (QED) is 0.150. The number of fused-ring (bicyclic) bond motifs is 3. The topological polar surface area (TPSA) is 8.17 Å². The van der Waals surface area contributed by atoms with Crippen LogP contribution in [0.4, 0.5) is 17.1 Å². The fourth-order valence-electron chi connectivity index (χ4n) is 8.47. The molecule has 1 aromatic heterocycles. The van der Waals surface area contributed by atoms with Crippen LogP contribution in [0.1, 0.15) is 11.1 Å². The van der Waals surface area contributed by atoms with E-state index in [2.05, 4.69) is 242 Å². The highest BCUT2D eigenvalue weighted by Gasteiger charge is 2.22. The molecule has 9 aromatic carbocycles. The lowest BCUT2D eigenvalue weighted by Crippen LogP contribution is -2.11.